The van der Waals surface area contributed by atoms with E-state index in [0.717, 1.165) is 45.1 Å². The molecule has 5 nitrogen and oxygen atoms in total. The highest BCUT2D eigenvalue weighted by Gasteiger charge is 2.13. The zero-order valence-corrected chi connectivity index (χ0v) is 14.6. The van der Waals surface area contributed by atoms with E-state index in [1.54, 1.807) is 0 Å². The fraction of sp³-hybridized carbons (Fsp3) is 0.824. The van der Waals surface area contributed by atoms with Crippen molar-refractivity contribution in [1.82, 2.24) is 14.7 Å². The largest absolute Gasteiger partial charge is 0.380 e. The summed E-state index contributed by atoms with van der Waals surface area (Å²) < 4.78 is 7.41. The summed E-state index contributed by atoms with van der Waals surface area (Å²) in [6, 6.07) is 0.483. The van der Waals surface area contributed by atoms with Crippen molar-refractivity contribution >= 4 is 5.69 Å². The molecule has 1 N–H and O–H groups in total. The Labute approximate surface area is 135 Å². The molecule has 1 saturated heterocycles. The zero-order chi connectivity index (χ0) is 16.0. The van der Waals surface area contributed by atoms with E-state index in [-0.39, 0.29) is 0 Å². The number of morpholine rings is 1. The molecular weight excluding hydrogens is 276 g/mol. The third-order valence-corrected chi connectivity index (χ3v) is 4.12. The summed E-state index contributed by atoms with van der Waals surface area (Å²) in [6.07, 6.45) is 6.47. The Morgan fingerprint density at radius 1 is 1.27 bits per heavy atom. The fourth-order valence-corrected chi connectivity index (χ4v) is 2.64. The minimum atomic E-state index is 0.401. The highest BCUT2D eigenvalue weighted by molar-refractivity contribution is 5.39. The molecule has 1 atom stereocenters. The lowest BCUT2D eigenvalue weighted by atomic mass is 9.89. The minimum Gasteiger partial charge on any atom is -0.380 e. The summed E-state index contributed by atoms with van der Waals surface area (Å²) in [5, 5.41) is 8.01. The van der Waals surface area contributed by atoms with Crippen LogP contribution in [-0.4, -0.2) is 53.6 Å². The average Bonchev–Trinajstić information content (AvgIpc) is 2.91. The monoisotopic (exact) mass is 308 g/mol. The number of ether oxygens (including phenoxy) is 1. The smallest absolute Gasteiger partial charge is 0.0728 e. The Kier molecular flexibility index (Phi) is 6.26. The first-order chi connectivity index (χ1) is 10.4. The van der Waals surface area contributed by atoms with Gasteiger partial charge in [0.2, 0.25) is 0 Å². The van der Waals surface area contributed by atoms with Crippen LogP contribution in [0.25, 0.3) is 0 Å². The topological polar surface area (TPSA) is 42.3 Å². The first-order valence-electron chi connectivity index (χ1n) is 8.51. The van der Waals surface area contributed by atoms with Crippen molar-refractivity contribution in [3.05, 3.63) is 12.4 Å². The molecule has 0 bridgehead atoms. The Morgan fingerprint density at radius 3 is 2.68 bits per heavy atom. The molecule has 1 aliphatic heterocycles. The average molecular weight is 308 g/mol. The lowest BCUT2D eigenvalue weighted by molar-refractivity contribution is 0.0360. The summed E-state index contributed by atoms with van der Waals surface area (Å²) >= 11 is 0. The third kappa shape index (κ3) is 6.36. The lowest BCUT2D eigenvalue weighted by Gasteiger charge is -2.26. The Bertz CT molecular complexity index is 432. The predicted octanol–water partition coefficient (Wildman–Crippen LogP) is 2.84. The number of hydrogen-bond acceptors (Lipinski definition) is 4. The first kappa shape index (κ1) is 17.3. The molecule has 1 aromatic rings. The van der Waals surface area contributed by atoms with Gasteiger partial charge in [0.25, 0.3) is 0 Å². The van der Waals surface area contributed by atoms with E-state index in [1.807, 2.05) is 10.9 Å². The Balaban J connectivity index is 1.71. The van der Waals surface area contributed by atoms with Crippen LogP contribution in [0, 0.1) is 5.41 Å². The van der Waals surface area contributed by atoms with Crippen LogP contribution in [0.15, 0.2) is 12.4 Å². The summed E-state index contributed by atoms with van der Waals surface area (Å²) in [5.41, 5.74) is 1.53. The normalized spacial score (nSPS) is 18.4. The van der Waals surface area contributed by atoms with E-state index in [0.29, 0.717) is 11.5 Å². The SMILES string of the molecule is CC(CCC(C)(C)C)Nc1cnn(CCN2CCOCC2)c1. The second-order valence-corrected chi connectivity index (χ2v) is 7.59. The van der Waals surface area contributed by atoms with Gasteiger partial charge in [-0.05, 0) is 25.2 Å². The van der Waals surface area contributed by atoms with Crippen molar-refractivity contribution in [3.8, 4) is 0 Å². The molecule has 2 rings (SSSR count). The van der Waals surface area contributed by atoms with Crippen molar-refractivity contribution in [3.63, 3.8) is 0 Å². The van der Waals surface area contributed by atoms with Crippen LogP contribution in [0.4, 0.5) is 5.69 Å². The number of rotatable bonds is 7. The van der Waals surface area contributed by atoms with Gasteiger partial charge in [-0.25, -0.2) is 0 Å². The van der Waals surface area contributed by atoms with Gasteiger partial charge in [0.1, 0.15) is 0 Å². The van der Waals surface area contributed by atoms with E-state index < -0.39 is 0 Å². The van der Waals surface area contributed by atoms with Crippen molar-refractivity contribution < 1.29 is 4.74 Å². The maximum atomic E-state index is 5.37. The van der Waals surface area contributed by atoms with E-state index in [4.69, 9.17) is 4.74 Å². The van der Waals surface area contributed by atoms with Gasteiger partial charge in [-0.2, -0.15) is 5.10 Å². The molecule has 0 saturated carbocycles. The highest BCUT2D eigenvalue weighted by atomic mass is 16.5. The molecule has 0 radical (unpaired) electrons. The van der Waals surface area contributed by atoms with Gasteiger partial charge in [0, 0.05) is 31.9 Å². The molecule has 2 heterocycles. The van der Waals surface area contributed by atoms with Crippen LogP contribution >= 0.6 is 0 Å². The van der Waals surface area contributed by atoms with Gasteiger partial charge in [-0.15, -0.1) is 0 Å². The summed E-state index contributed by atoms with van der Waals surface area (Å²) in [4.78, 5) is 2.43. The van der Waals surface area contributed by atoms with Gasteiger partial charge >= 0.3 is 0 Å². The molecule has 1 aromatic heterocycles. The van der Waals surface area contributed by atoms with E-state index in [2.05, 4.69) is 49.2 Å². The molecule has 0 amide bonds. The van der Waals surface area contributed by atoms with Gasteiger partial charge in [-0.1, -0.05) is 20.8 Å². The number of nitrogens with zero attached hydrogens (tertiary/aromatic N) is 3. The molecule has 0 aromatic carbocycles. The molecule has 126 valence electrons. The minimum absolute atomic E-state index is 0.401. The quantitative estimate of drug-likeness (QED) is 0.841. The third-order valence-electron chi connectivity index (χ3n) is 4.12. The van der Waals surface area contributed by atoms with Crippen LogP contribution in [0.5, 0.6) is 0 Å². The maximum Gasteiger partial charge on any atom is 0.0728 e. The first-order valence-corrected chi connectivity index (χ1v) is 8.51. The maximum absolute atomic E-state index is 5.37. The molecule has 1 unspecified atom stereocenters. The summed E-state index contributed by atoms with van der Waals surface area (Å²) in [5.74, 6) is 0. The van der Waals surface area contributed by atoms with Gasteiger partial charge in [0.05, 0.1) is 31.6 Å². The lowest BCUT2D eigenvalue weighted by Crippen LogP contribution is -2.38. The van der Waals surface area contributed by atoms with E-state index in [9.17, 15) is 0 Å². The molecule has 22 heavy (non-hydrogen) atoms. The number of hydrogen-bond donors (Lipinski definition) is 1. The van der Waals surface area contributed by atoms with E-state index >= 15 is 0 Å². The van der Waals surface area contributed by atoms with Crippen LogP contribution in [0.2, 0.25) is 0 Å². The summed E-state index contributed by atoms with van der Waals surface area (Å²) in [7, 11) is 0. The Morgan fingerprint density at radius 2 is 2.00 bits per heavy atom. The zero-order valence-electron chi connectivity index (χ0n) is 14.6. The fourth-order valence-electron chi connectivity index (χ4n) is 2.64. The number of nitrogens with one attached hydrogen (secondary N) is 1. The van der Waals surface area contributed by atoms with Crippen LogP contribution in [-0.2, 0) is 11.3 Å². The van der Waals surface area contributed by atoms with Crippen molar-refractivity contribution in [2.24, 2.45) is 5.41 Å². The molecule has 0 aliphatic carbocycles. The Hall–Kier alpha value is -1.07. The molecule has 0 spiro atoms. The van der Waals surface area contributed by atoms with Gasteiger partial charge in [-0.3, -0.25) is 9.58 Å². The highest BCUT2D eigenvalue weighted by Crippen LogP contribution is 2.22. The second kappa shape index (κ2) is 7.97. The predicted molar refractivity (Wildman–Crippen MR) is 91.3 cm³/mol. The molecule has 1 fully saturated rings. The van der Waals surface area contributed by atoms with Crippen molar-refractivity contribution in [2.45, 2.75) is 53.1 Å². The molecule has 1 aliphatic rings. The van der Waals surface area contributed by atoms with E-state index in [1.165, 1.54) is 12.8 Å². The van der Waals surface area contributed by atoms with Gasteiger partial charge < -0.3 is 10.1 Å². The standard InChI is InChI=1S/C17H32N4O/c1-15(5-6-17(2,3)4)19-16-13-18-21(14-16)8-7-20-9-11-22-12-10-20/h13-15,19H,5-12H2,1-4H3. The molecule has 5 heteroatoms. The number of anilines is 1. The second-order valence-electron chi connectivity index (χ2n) is 7.59. The summed E-state index contributed by atoms with van der Waals surface area (Å²) in [6.45, 7) is 14.9. The van der Waals surface area contributed by atoms with Crippen molar-refractivity contribution in [2.75, 3.05) is 38.2 Å². The van der Waals surface area contributed by atoms with Crippen LogP contribution < -0.4 is 5.32 Å². The van der Waals surface area contributed by atoms with Gasteiger partial charge in [0.15, 0.2) is 0 Å². The van der Waals surface area contributed by atoms with Crippen molar-refractivity contribution in [1.29, 1.82) is 0 Å². The molecular formula is C17H32N4O. The van der Waals surface area contributed by atoms with Crippen LogP contribution in [0.3, 0.4) is 0 Å². The number of aromatic nitrogens is 2. The van der Waals surface area contributed by atoms with Crippen LogP contribution in [0.1, 0.15) is 40.5 Å².